The molecule has 0 spiro atoms. The number of phenols is 2. The molecule has 10 atom stereocenters. The minimum atomic E-state index is -1.68. The Bertz CT molecular complexity index is 1220. The minimum Gasteiger partial charge on any atom is -0.508 e. The van der Waals surface area contributed by atoms with Crippen molar-refractivity contribution in [1.82, 2.24) is 0 Å². The summed E-state index contributed by atoms with van der Waals surface area (Å²) in [5.74, 6) is -1.27. The fourth-order valence-electron chi connectivity index (χ4n) is 4.21. The van der Waals surface area contributed by atoms with E-state index in [0.29, 0.717) is 5.56 Å². The summed E-state index contributed by atoms with van der Waals surface area (Å²) >= 11 is 0. The lowest BCUT2D eigenvalue weighted by Crippen LogP contribution is -2.60. The van der Waals surface area contributed by atoms with E-state index in [-0.39, 0.29) is 17.2 Å². The van der Waals surface area contributed by atoms with E-state index in [2.05, 4.69) is 0 Å². The van der Waals surface area contributed by atoms with Crippen LogP contribution in [0.5, 0.6) is 23.0 Å². The standard InChI is InChI=1S/C27H32O15/c28-10-17-20(32)22(34)25(37)27(41-17)40-16-7-1-12(9-15(16)30)2-8-19(31)38-11-18-21(33)23(35)24(36)26(42-18)39-14-5-3-13(29)4-6-14/h1-9,17-18,20-30,32-37H,10-11H2/t17-,18+,20-,21-,22-,23+,24+,25+,26+,27-/m0/s1. The molecule has 2 aliphatic heterocycles. The normalized spacial score (nSPS) is 33.3. The minimum absolute atomic E-state index is 0.0201. The van der Waals surface area contributed by atoms with Gasteiger partial charge in [-0.05, 0) is 48.0 Å². The summed E-state index contributed by atoms with van der Waals surface area (Å²) in [6.45, 7) is -1.17. The molecule has 2 aliphatic rings. The van der Waals surface area contributed by atoms with Gasteiger partial charge in [-0.1, -0.05) is 6.07 Å². The van der Waals surface area contributed by atoms with Gasteiger partial charge in [0, 0.05) is 6.08 Å². The fraction of sp³-hybridized carbons (Fsp3) is 0.444. The number of benzene rings is 2. The lowest BCUT2D eigenvalue weighted by Gasteiger charge is -2.39. The lowest BCUT2D eigenvalue weighted by molar-refractivity contribution is -0.278. The van der Waals surface area contributed by atoms with Crippen LogP contribution in [-0.4, -0.2) is 127 Å². The van der Waals surface area contributed by atoms with Crippen LogP contribution in [0.15, 0.2) is 48.5 Å². The van der Waals surface area contributed by atoms with Crippen molar-refractivity contribution in [1.29, 1.82) is 0 Å². The maximum absolute atomic E-state index is 12.3. The van der Waals surface area contributed by atoms with Crippen molar-refractivity contribution in [3.63, 3.8) is 0 Å². The van der Waals surface area contributed by atoms with Gasteiger partial charge in [0.1, 0.15) is 66.9 Å². The van der Waals surface area contributed by atoms with Crippen LogP contribution < -0.4 is 9.47 Å². The average Bonchev–Trinajstić information content (AvgIpc) is 2.98. The van der Waals surface area contributed by atoms with Crippen LogP contribution >= 0.6 is 0 Å². The van der Waals surface area contributed by atoms with Gasteiger partial charge in [-0.25, -0.2) is 4.79 Å². The van der Waals surface area contributed by atoms with Crippen LogP contribution in [-0.2, 0) is 19.0 Å². The summed E-state index contributed by atoms with van der Waals surface area (Å²) in [5.41, 5.74) is 0.320. The molecule has 2 heterocycles. The molecule has 0 saturated carbocycles. The SMILES string of the molecule is O=C(C=Cc1ccc(O[C@H]2O[C@@H](CO)[C@H](O)[C@H](O)[C@H]2O)c(O)c1)OC[C@H]1O[C@@H](Oc2ccc(O)cc2)[C@H](O)[C@H](O)[C@H]1O. The van der Waals surface area contributed by atoms with Gasteiger partial charge in [-0.15, -0.1) is 0 Å². The first kappa shape index (κ1) is 31.4. The first-order chi connectivity index (χ1) is 20.0. The third kappa shape index (κ3) is 7.27. The highest BCUT2D eigenvalue weighted by Crippen LogP contribution is 2.32. The monoisotopic (exact) mass is 596 g/mol. The molecule has 9 N–H and O–H groups in total. The van der Waals surface area contributed by atoms with Gasteiger partial charge in [0.15, 0.2) is 11.5 Å². The average molecular weight is 597 g/mol. The summed E-state index contributed by atoms with van der Waals surface area (Å²) in [4.78, 5) is 12.3. The van der Waals surface area contributed by atoms with Crippen LogP contribution in [0.25, 0.3) is 6.08 Å². The van der Waals surface area contributed by atoms with Gasteiger partial charge in [0.25, 0.3) is 0 Å². The van der Waals surface area contributed by atoms with Crippen molar-refractivity contribution in [2.75, 3.05) is 13.2 Å². The number of phenolic OH excluding ortho intramolecular Hbond substituents is 2. The molecule has 0 aliphatic carbocycles. The highest BCUT2D eigenvalue weighted by atomic mass is 16.7. The molecule has 42 heavy (non-hydrogen) atoms. The Hall–Kier alpha value is -3.51. The van der Waals surface area contributed by atoms with Crippen LogP contribution in [0.1, 0.15) is 5.56 Å². The number of hydrogen-bond acceptors (Lipinski definition) is 15. The van der Waals surface area contributed by atoms with E-state index in [4.69, 9.17) is 23.7 Å². The van der Waals surface area contributed by atoms with E-state index >= 15 is 0 Å². The van der Waals surface area contributed by atoms with Crippen LogP contribution in [0.2, 0.25) is 0 Å². The Morgan fingerprint density at radius 3 is 1.98 bits per heavy atom. The Kier molecular flexibility index (Phi) is 10.2. The van der Waals surface area contributed by atoms with Crippen LogP contribution in [0, 0.1) is 0 Å². The van der Waals surface area contributed by atoms with E-state index in [1.807, 2.05) is 0 Å². The maximum atomic E-state index is 12.3. The fourth-order valence-corrected chi connectivity index (χ4v) is 4.21. The Balaban J connectivity index is 1.31. The Morgan fingerprint density at radius 2 is 1.36 bits per heavy atom. The molecule has 0 amide bonds. The van der Waals surface area contributed by atoms with Gasteiger partial charge in [0.2, 0.25) is 12.6 Å². The van der Waals surface area contributed by atoms with Gasteiger partial charge in [-0.2, -0.15) is 0 Å². The number of esters is 1. The smallest absolute Gasteiger partial charge is 0.330 e. The number of ether oxygens (including phenoxy) is 5. The second-order valence-corrected chi connectivity index (χ2v) is 9.63. The van der Waals surface area contributed by atoms with Crippen LogP contribution in [0.4, 0.5) is 0 Å². The number of aliphatic hydroxyl groups is 7. The topological polar surface area (TPSA) is 245 Å². The predicted octanol–water partition coefficient (Wildman–Crippen LogP) is -2.28. The molecule has 0 unspecified atom stereocenters. The van der Waals surface area contributed by atoms with Gasteiger partial charge in [-0.3, -0.25) is 0 Å². The second kappa shape index (κ2) is 13.6. The first-order valence-electron chi connectivity index (χ1n) is 12.8. The molecule has 15 heteroatoms. The molecule has 4 rings (SSSR count). The van der Waals surface area contributed by atoms with Crippen molar-refractivity contribution in [3.05, 3.63) is 54.1 Å². The number of hydrogen-bond donors (Lipinski definition) is 9. The quantitative estimate of drug-likeness (QED) is 0.109. The number of carbonyl (C=O) groups is 1. The van der Waals surface area contributed by atoms with Crippen molar-refractivity contribution in [3.8, 4) is 23.0 Å². The van der Waals surface area contributed by atoms with Crippen molar-refractivity contribution in [2.24, 2.45) is 0 Å². The summed E-state index contributed by atoms with van der Waals surface area (Å²) in [6.07, 6.45) is -12.9. The second-order valence-electron chi connectivity index (χ2n) is 9.63. The number of aromatic hydroxyl groups is 2. The molecular formula is C27H32O15. The van der Waals surface area contributed by atoms with E-state index in [0.717, 1.165) is 6.08 Å². The molecule has 230 valence electrons. The molecule has 15 nitrogen and oxygen atoms in total. The molecular weight excluding hydrogens is 564 g/mol. The lowest BCUT2D eigenvalue weighted by atomic mass is 9.99. The zero-order valence-corrected chi connectivity index (χ0v) is 21.9. The number of carbonyl (C=O) groups excluding carboxylic acids is 1. The third-order valence-corrected chi connectivity index (χ3v) is 6.63. The first-order valence-corrected chi connectivity index (χ1v) is 12.8. The summed E-state index contributed by atoms with van der Waals surface area (Å²) in [5, 5.41) is 89.5. The van der Waals surface area contributed by atoms with Crippen LogP contribution in [0.3, 0.4) is 0 Å². The van der Waals surface area contributed by atoms with E-state index in [1.165, 1.54) is 48.5 Å². The van der Waals surface area contributed by atoms with Gasteiger partial charge < -0.3 is 69.6 Å². The van der Waals surface area contributed by atoms with Crippen molar-refractivity contribution >= 4 is 12.0 Å². The maximum Gasteiger partial charge on any atom is 0.330 e. The molecule has 0 aromatic heterocycles. The van der Waals surface area contributed by atoms with E-state index in [1.54, 1.807) is 0 Å². The molecule has 2 fully saturated rings. The number of rotatable bonds is 9. The Labute approximate surface area is 238 Å². The van der Waals surface area contributed by atoms with Gasteiger partial charge in [0.05, 0.1) is 6.61 Å². The summed E-state index contributed by atoms with van der Waals surface area (Å²) < 4.78 is 26.7. The van der Waals surface area contributed by atoms with Gasteiger partial charge >= 0.3 is 5.97 Å². The summed E-state index contributed by atoms with van der Waals surface area (Å²) in [6, 6.07) is 9.39. The summed E-state index contributed by atoms with van der Waals surface area (Å²) in [7, 11) is 0. The molecule has 2 aromatic rings. The molecule has 2 saturated heterocycles. The van der Waals surface area contributed by atoms with Crippen molar-refractivity contribution < 1.29 is 74.4 Å². The molecule has 0 radical (unpaired) electrons. The van der Waals surface area contributed by atoms with E-state index in [9.17, 15) is 50.8 Å². The number of aliphatic hydroxyl groups excluding tert-OH is 7. The molecule has 0 bridgehead atoms. The largest absolute Gasteiger partial charge is 0.508 e. The zero-order valence-electron chi connectivity index (χ0n) is 21.9. The van der Waals surface area contributed by atoms with Crippen molar-refractivity contribution in [2.45, 2.75) is 61.4 Å². The highest BCUT2D eigenvalue weighted by molar-refractivity contribution is 5.87. The molecule has 2 aromatic carbocycles. The Morgan fingerprint density at radius 1 is 0.762 bits per heavy atom. The third-order valence-electron chi connectivity index (χ3n) is 6.63. The van der Waals surface area contributed by atoms with E-state index < -0.39 is 86.3 Å². The zero-order chi connectivity index (χ0) is 30.6. The highest BCUT2D eigenvalue weighted by Gasteiger charge is 2.46. The predicted molar refractivity (Wildman–Crippen MR) is 138 cm³/mol.